The zero-order chi connectivity index (χ0) is 7.78. The smallest absolute Gasteiger partial charge is 0.323 e. The Morgan fingerprint density at radius 2 is 2.27 bits per heavy atom. The van der Waals surface area contributed by atoms with Crippen molar-refractivity contribution < 1.29 is 15.0 Å². The van der Waals surface area contributed by atoms with Gasteiger partial charge in [0.1, 0.15) is 5.54 Å². The molecule has 0 aromatic heterocycles. The molecule has 1 aliphatic rings. The average molecular weight is 182 g/mol. The van der Waals surface area contributed by atoms with Crippen LogP contribution in [0.3, 0.4) is 0 Å². The van der Waals surface area contributed by atoms with Crippen LogP contribution in [-0.2, 0) is 4.79 Å². The summed E-state index contributed by atoms with van der Waals surface area (Å²) in [6.07, 6.45) is -0.219. The molecule has 0 aromatic carbocycles. The number of rotatable bonds is 1. The fourth-order valence-electron chi connectivity index (χ4n) is 1.12. The first-order valence-electron chi connectivity index (χ1n) is 3.21. The van der Waals surface area contributed by atoms with Crippen LogP contribution < -0.4 is 5.32 Å². The predicted octanol–water partition coefficient (Wildman–Crippen LogP) is -0.394. The Morgan fingerprint density at radius 1 is 1.73 bits per heavy atom. The number of hydrogen-bond donors (Lipinski definition) is 3. The van der Waals surface area contributed by atoms with Crippen molar-refractivity contribution in [1.82, 2.24) is 5.32 Å². The van der Waals surface area contributed by atoms with Crippen LogP contribution in [0.15, 0.2) is 0 Å². The maximum atomic E-state index is 10.5. The quantitative estimate of drug-likeness (QED) is 0.515. The van der Waals surface area contributed by atoms with Gasteiger partial charge in [-0.05, 0) is 6.92 Å². The summed E-state index contributed by atoms with van der Waals surface area (Å²) in [6.45, 7) is 1.95. The van der Waals surface area contributed by atoms with Gasteiger partial charge in [0, 0.05) is 13.0 Å². The standard InChI is InChI=1S/C6H11NO3.ClH/c1-6(5(9)10)2-4(8)3-7-6;/h4,7-8H,2-3H2,1H3,(H,9,10);1H/t4-,6-;/m0./s1. The maximum Gasteiger partial charge on any atom is 0.323 e. The Balaban J connectivity index is 0.000001000. The lowest BCUT2D eigenvalue weighted by Gasteiger charge is -2.16. The van der Waals surface area contributed by atoms with E-state index in [2.05, 4.69) is 5.32 Å². The Kier molecular flexibility index (Phi) is 3.29. The van der Waals surface area contributed by atoms with Crippen molar-refractivity contribution in [3.8, 4) is 0 Å². The number of hydrogen-bond acceptors (Lipinski definition) is 3. The largest absolute Gasteiger partial charge is 0.480 e. The van der Waals surface area contributed by atoms with Crippen molar-refractivity contribution in [2.45, 2.75) is 25.0 Å². The summed E-state index contributed by atoms with van der Waals surface area (Å²) in [5.74, 6) is -0.899. The SMILES string of the molecule is C[C@@]1(C(=O)O)C[C@H](O)CN1.Cl. The summed E-state index contributed by atoms with van der Waals surface area (Å²) in [5, 5.41) is 20.3. The lowest BCUT2D eigenvalue weighted by Crippen LogP contribution is -2.44. The van der Waals surface area contributed by atoms with Crippen LogP contribution in [0.25, 0.3) is 0 Å². The first-order chi connectivity index (χ1) is 4.54. The molecule has 66 valence electrons. The van der Waals surface area contributed by atoms with Gasteiger partial charge in [-0.25, -0.2) is 0 Å². The second-order valence-electron chi connectivity index (χ2n) is 2.88. The van der Waals surface area contributed by atoms with Gasteiger partial charge in [-0.2, -0.15) is 0 Å². The molecule has 1 rings (SSSR count). The van der Waals surface area contributed by atoms with Crippen LogP contribution in [0.1, 0.15) is 13.3 Å². The lowest BCUT2D eigenvalue weighted by molar-refractivity contribution is -0.143. The van der Waals surface area contributed by atoms with Crippen molar-refractivity contribution in [2.24, 2.45) is 0 Å². The zero-order valence-corrected chi connectivity index (χ0v) is 7.02. The van der Waals surface area contributed by atoms with Crippen LogP contribution in [0.4, 0.5) is 0 Å². The minimum atomic E-state index is -0.917. The van der Waals surface area contributed by atoms with E-state index in [4.69, 9.17) is 10.2 Å². The summed E-state index contributed by atoms with van der Waals surface area (Å²) in [5.41, 5.74) is -0.917. The molecule has 0 saturated carbocycles. The lowest BCUT2D eigenvalue weighted by atomic mass is 10.0. The van der Waals surface area contributed by atoms with Gasteiger partial charge in [-0.1, -0.05) is 0 Å². The molecule has 0 radical (unpaired) electrons. The number of β-amino-alcohol motifs (C(OH)–C–C–N with tert-alkyl or cyclic N) is 1. The first-order valence-corrected chi connectivity index (χ1v) is 3.21. The fourth-order valence-corrected chi connectivity index (χ4v) is 1.12. The van der Waals surface area contributed by atoms with Crippen molar-refractivity contribution in [3.05, 3.63) is 0 Å². The normalized spacial score (nSPS) is 36.4. The Morgan fingerprint density at radius 3 is 2.45 bits per heavy atom. The van der Waals surface area contributed by atoms with Crippen molar-refractivity contribution >= 4 is 18.4 Å². The zero-order valence-electron chi connectivity index (χ0n) is 6.20. The molecule has 2 atom stereocenters. The van der Waals surface area contributed by atoms with E-state index in [9.17, 15) is 4.79 Å². The number of aliphatic carboxylic acids is 1. The molecule has 0 aliphatic carbocycles. The third-order valence-electron chi connectivity index (χ3n) is 1.84. The van der Waals surface area contributed by atoms with Gasteiger partial charge in [0.15, 0.2) is 0 Å². The van der Waals surface area contributed by atoms with Crippen LogP contribution >= 0.6 is 12.4 Å². The first kappa shape index (κ1) is 10.7. The number of carbonyl (C=O) groups is 1. The maximum absolute atomic E-state index is 10.5. The van der Waals surface area contributed by atoms with Crippen LogP contribution in [-0.4, -0.2) is 34.4 Å². The van der Waals surface area contributed by atoms with E-state index < -0.39 is 17.6 Å². The molecule has 1 fully saturated rings. The van der Waals surface area contributed by atoms with Crippen molar-refractivity contribution in [2.75, 3.05) is 6.54 Å². The number of aliphatic hydroxyl groups excluding tert-OH is 1. The van der Waals surface area contributed by atoms with Crippen LogP contribution in [0, 0.1) is 0 Å². The van der Waals surface area contributed by atoms with Crippen LogP contribution in [0.2, 0.25) is 0 Å². The third-order valence-corrected chi connectivity index (χ3v) is 1.84. The van der Waals surface area contributed by atoms with E-state index in [0.717, 1.165) is 0 Å². The Hall–Kier alpha value is -0.320. The highest BCUT2D eigenvalue weighted by atomic mass is 35.5. The molecular formula is C6H12ClNO3. The van der Waals surface area contributed by atoms with E-state index in [0.29, 0.717) is 13.0 Å². The number of nitrogens with one attached hydrogen (secondary N) is 1. The van der Waals surface area contributed by atoms with Gasteiger partial charge in [0.2, 0.25) is 0 Å². The summed E-state index contributed by atoms with van der Waals surface area (Å²) < 4.78 is 0. The molecular weight excluding hydrogens is 170 g/mol. The highest BCUT2D eigenvalue weighted by molar-refractivity contribution is 5.85. The van der Waals surface area contributed by atoms with E-state index in [1.54, 1.807) is 6.92 Å². The summed E-state index contributed by atoms with van der Waals surface area (Å²) in [6, 6.07) is 0. The van der Waals surface area contributed by atoms with Gasteiger partial charge in [-0.15, -0.1) is 12.4 Å². The summed E-state index contributed by atoms with van der Waals surface area (Å²) in [7, 11) is 0. The van der Waals surface area contributed by atoms with E-state index >= 15 is 0 Å². The van der Waals surface area contributed by atoms with Crippen molar-refractivity contribution in [1.29, 1.82) is 0 Å². The molecule has 0 unspecified atom stereocenters. The topological polar surface area (TPSA) is 69.6 Å². The molecule has 4 nitrogen and oxygen atoms in total. The van der Waals surface area contributed by atoms with Crippen molar-refractivity contribution in [3.63, 3.8) is 0 Å². The van der Waals surface area contributed by atoms with Gasteiger partial charge in [-0.3, -0.25) is 10.1 Å². The number of aliphatic hydroxyl groups is 1. The highest BCUT2D eigenvalue weighted by Crippen LogP contribution is 2.18. The number of carboxylic acids is 1. The van der Waals surface area contributed by atoms with Gasteiger partial charge in [0.25, 0.3) is 0 Å². The van der Waals surface area contributed by atoms with Crippen LogP contribution in [0.5, 0.6) is 0 Å². The fraction of sp³-hybridized carbons (Fsp3) is 0.833. The Labute approximate surface area is 71.0 Å². The van der Waals surface area contributed by atoms with E-state index in [1.165, 1.54) is 0 Å². The molecule has 0 amide bonds. The van der Waals surface area contributed by atoms with E-state index in [1.807, 2.05) is 0 Å². The molecule has 3 N–H and O–H groups in total. The second-order valence-corrected chi connectivity index (χ2v) is 2.88. The van der Waals surface area contributed by atoms with E-state index in [-0.39, 0.29) is 12.4 Å². The predicted molar refractivity (Wildman–Crippen MR) is 41.9 cm³/mol. The number of halogens is 1. The third kappa shape index (κ3) is 2.05. The minimum Gasteiger partial charge on any atom is -0.480 e. The molecule has 5 heteroatoms. The van der Waals surface area contributed by atoms with Gasteiger partial charge >= 0.3 is 5.97 Å². The monoisotopic (exact) mass is 181 g/mol. The Bertz CT molecular complexity index is 164. The summed E-state index contributed by atoms with van der Waals surface area (Å²) >= 11 is 0. The molecule has 1 heterocycles. The molecule has 0 bridgehead atoms. The second kappa shape index (κ2) is 3.38. The summed E-state index contributed by atoms with van der Waals surface area (Å²) in [4.78, 5) is 10.5. The number of carboxylic acid groups (broad SMARTS) is 1. The van der Waals surface area contributed by atoms with Gasteiger partial charge in [0.05, 0.1) is 6.10 Å². The van der Waals surface area contributed by atoms with Gasteiger partial charge < -0.3 is 10.2 Å². The molecule has 0 aromatic rings. The molecule has 1 aliphatic heterocycles. The molecule has 1 saturated heterocycles. The molecule has 11 heavy (non-hydrogen) atoms. The highest BCUT2D eigenvalue weighted by Gasteiger charge is 2.40. The molecule has 0 spiro atoms. The average Bonchev–Trinajstić information content (AvgIpc) is 2.13. The minimum absolute atomic E-state index is 0.